The van der Waals surface area contributed by atoms with E-state index in [1.807, 2.05) is 41.5 Å². The maximum absolute atomic E-state index is 12.9. The van der Waals surface area contributed by atoms with Crippen LogP contribution in [0.25, 0.3) is 10.2 Å². The van der Waals surface area contributed by atoms with Crippen molar-refractivity contribution < 1.29 is 9.69 Å². The van der Waals surface area contributed by atoms with Gasteiger partial charge in [-0.1, -0.05) is 24.3 Å². The summed E-state index contributed by atoms with van der Waals surface area (Å²) < 4.78 is 1.25. The summed E-state index contributed by atoms with van der Waals surface area (Å²) in [5.74, 6) is 0.161. The highest BCUT2D eigenvalue weighted by atomic mass is 32.2. The second-order valence-corrected chi connectivity index (χ2v) is 8.46. The third-order valence-electron chi connectivity index (χ3n) is 4.83. The van der Waals surface area contributed by atoms with Crippen LogP contribution in [-0.4, -0.2) is 48.2 Å². The number of thiazole rings is 1. The highest BCUT2D eigenvalue weighted by Gasteiger charge is 2.26. The van der Waals surface area contributed by atoms with Crippen LogP contribution in [0.3, 0.4) is 0 Å². The van der Waals surface area contributed by atoms with E-state index in [1.165, 1.54) is 14.6 Å². The summed E-state index contributed by atoms with van der Waals surface area (Å²) in [6.07, 6.45) is 2.02. The van der Waals surface area contributed by atoms with E-state index in [2.05, 4.69) is 18.2 Å². The van der Waals surface area contributed by atoms with E-state index in [0.717, 1.165) is 48.7 Å². The van der Waals surface area contributed by atoms with Gasteiger partial charge in [0, 0.05) is 4.90 Å². The molecule has 0 atom stereocenters. The van der Waals surface area contributed by atoms with Crippen LogP contribution in [0.15, 0.2) is 53.4 Å². The predicted octanol–water partition coefficient (Wildman–Crippen LogP) is 2.56. The summed E-state index contributed by atoms with van der Waals surface area (Å²) in [6, 6.07) is 16.2. The molecule has 2 aromatic carbocycles. The zero-order chi connectivity index (χ0) is 17.9. The topological polar surface area (TPSA) is 37.6 Å². The van der Waals surface area contributed by atoms with E-state index in [1.54, 1.807) is 23.1 Å². The van der Waals surface area contributed by atoms with Gasteiger partial charge in [0.15, 0.2) is 0 Å². The highest BCUT2D eigenvalue weighted by molar-refractivity contribution is 7.98. The Labute approximate surface area is 161 Å². The van der Waals surface area contributed by atoms with Crippen LogP contribution in [0, 0.1) is 0 Å². The number of benzene rings is 2. The number of nitrogens with zero attached hydrogens (tertiary/aromatic N) is 2. The van der Waals surface area contributed by atoms with E-state index in [9.17, 15) is 4.79 Å². The number of nitrogens with one attached hydrogen (secondary N) is 1. The first-order valence-electron chi connectivity index (χ1n) is 8.85. The second kappa shape index (κ2) is 7.78. The highest BCUT2D eigenvalue weighted by Crippen LogP contribution is 2.22. The van der Waals surface area contributed by atoms with E-state index in [0.29, 0.717) is 0 Å². The molecular formula is C20H22N3OS2+. The minimum Gasteiger partial charge on any atom is -0.327 e. The molecule has 1 fully saturated rings. The van der Waals surface area contributed by atoms with Crippen LogP contribution >= 0.6 is 23.1 Å². The van der Waals surface area contributed by atoms with Gasteiger partial charge in [0.2, 0.25) is 0 Å². The number of carbonyl (C=O) groups is 1. The Balaban J connectivity index is 1.38. The van der Waals surface area contributed by atoms with Crippen molar-refractivity contribution in [2.75, 3.05) is 32.4 Å². The van der Waals surface area contributed by atoms with Crippen molar-refractivity contribution in [3.63, 3.8) is 0 Å². The van der Waals surface area contributed by atoms with Crippen molar-refractivity contribution in [1.82, 2.24) is 9.88 Å². The molecule has 0 spiro atoms. The number of hydrogen-bond acceptors (Lipinski definition) is 4. The largest absolute Gasteiger partial charge is 0.327 e. The van der Waals surface area contributed by atoms with Crippen molar-refractivity contribution >= 4 is 39.2 Å². The molecule has 1 N–H and O–H groups in total. The van der Waals surface area contributed by atoms with E-state index in [-0.39, 0.29) is 5.91 Å². The molecule has 4 rings (SSSR count). The van der Waals surface area contributed by atoms with E-state index < -0.39 is 0 Å². The first kappa shape index (κ1) is 17.5. The third kappa shape index (κ3) is 3.63. The molecule has 3 aromatic rings. The van der Waals surface area contributed by atoms with Crippen molar-refractivity contribution in [1.29, 1.82) is 0 Å². The lowest BCUT2D eigenvalue weighted by Crippen LogP contribution is -3.13. The van der Waals surface area contributed by atoms with Gasteiger partial charge in [0.25, 0.3) is 5.91 Å². The molecule has 1 aromatic heterocycles. The molecule has 4 nitrogen and oxygen atoms in total. The Hall–Kier alpha value is -1.89. The van der Waals surface area contributed by atoms with Crippen LogP contribution in [0.4, 0.5) is 0 Å². The fourth-order valence-corrected chi connectivity index (χ4v) is 5.03. The Morgan fingerprint density at radius 3 is 2.65 bits per heavy atom. The van der Waals surface area contributed by atoms with Crippen LogP contribution in [0.1, 0.15) is 15.4 Å². The van der Waals surface area contributed by atoms with E-state index in [4.69, 9.17) is 4.98 Å². The summed E-state index contributed by atoms with van der Waals surface area (Å²) >= 11 is 3.42. The quantitative estimate of drug-likeness (QED) is 0.703. The lowest BCUT2D eigenvalue weighted by molar-refractivity contribution is -0.917. The minimum atomic E-state index is 0.161. The number of para-hydroxylation sites is 1. The molecule has 1 aliphatic heterocycles. The first-order chi connectivity index (χ1) is 12.7. The lowest BCUT2D eigenvalue weighted by Gasteiger charge is -2.32. The van der Waals surface area contributed by atoms with Crippen molar-refractivity contribution in [2.45, 2.75) is 11.4 Å². The molecule has 0 unspecified atom stereocenters. The number of piperazine rings is 1. The third-order valence-corrected chi connectivity index (χ3v) is 6.67. The molecule has 1 aliphatic rings. The fourth-order valence-electron chi connectivity index (χ4n) is 3.40. The van der Waals surface area contributed by atoms with Gasteiger partial charge < -0.3 is 9.80 Å². The van der Waals surface area contributed by atoms with Gasteiger partial charge in [0.05, 0.1) is 42.0 Å². The molecular weight excluding hydrogens is 362 g/mol. The smallest absolute Gasteiger partial charge is 0.255 e. The van der Waals surface area contributed by atoms with Gasteiger partial charge in [-0.3, -0.25) is 4.79 Å². The molecule has 1 amide bonds. The molecule has 1 saturated heterocycles. The number of rotatable bonds is 4. The van der Waals surface area contributed by atoms with Gasteiger partial charge >= 0.3 is 0 Å². The monoisotopic (exact) mass is 384 g/mol. The molecule has 0 aliphatic carbocycles. The fraction of sp³-hybridized carbons (Fsp3) is 0.300. The Morgan fingerprint density at radius 2 is 1.88 bits per heavy atom. The summed E-state index contributed by atoms with van der Waals surface area (Å²) in [5.41, 5.74) is 1.92. The van der Waals surface area contributed by atoms with Gasteiger partial charge in [-0.25, -0.2) is 4.98 Å². The SMILES string of the molecule is CSc1ccccc1C(=O)N1CC[NH+](Cc2nc3ccccc3s2)CC1. The number of aromatic nitrogens is 1. The molecule has 0 bridgehead atoms. The zero-order valence-electron chi connectivity index (χ0n) is 14.8. The molecule has 6 heteroatoms. The Bertz CT molecular complexity index is 883. The maximum atomic E-state index is 12.9. The van der Waals surface area contributed by atoms with Crippen LogP contribution < -0.4 is 4.90 Å². The van der Waals surface area contributed by atoms with E-state index >= 15 is 0 Å². The summed E-state index contributed by atoms with van der Waals surface area (Å²) in [5, 5.41) is 1.19. The summed E-state index contributed by atoms with van der Waals surface area (Å²) in [7, 11) is 0. The van der Waals surface area contributed by atoms with Gasteiger partial charge in [-0.15, -0.1) is 23.1 Å². The molecule has 134 valence electrons. The average Bonchev–Trinajstić information content (AvgIpc) is 3.10. The van der Waals surface area contributed by atoms with Crippen molar-refractivity contribution in [3.05, 3.63) is 59.1 Å². The lowest BCUT2D eigenvalue weighted by atomic mass is 10.2. The molecule has 0 radical (unpaired) electrons. The second-order valence-electron chi connectivity index (χ2n) is 6.49. The maximum Gasteiger partial charge on any atom is 0.255 e. The Morgan fingerprint density at radius 1 is 1.15 bits per heavy atom. The van der Waals surface area contributed by atoms with Crippen molar-refractivity contribution in [3.8, 4) is 0 Å². The normalized spacial score (nSPS) is 15.5. The number of hydrogen-bond donors (Lipinski definition) is 1. The first-order valence-corrected chi connectivity index (χ1v) is 10.9. The standard InChI is InChI=1S/C20H21N3OS2/c1-25-17-8-4-2-6-15(17)20(24)23-12-10-22(11-13-23)14-19-21-16-7-3-5-9-18(16)26-19/h2-9H,10-14H2,1H3/p+1. The molecule has 2 heterocycles. The molecule has 26 heavy (non-hydrogen) atoms. The van der Waals surface area contributed by atoms with Gasteiger partial charge in [-0.2, -0.15) is 0 Å². The zero-order valence-corrected chi connectivity index (χ0v) is 16.4. The minimum absolute atomic E-state index is 0.161. The number of quaternary nitrogens is 1. The summed E-state index contributed by atoms with van der Waals surface area (Å²) in [4.78, 5) is 22.2. The van der Waals surface area contributed by atoms with Crippen LogP contribution in [0.5, 0.6) is 0 Å². The number of fused-ring (bicyclic) bond motifs is 1. The van der Waals surface area contributed by atoms with Crippen LogP contribution in [0.2, 0.25) is 0 Å². The number of thioether (sulfide) groups is 1. The van der Waals surface area contributed by atoms with Gasteiger partial charge in [0.1, 0.15) is 11.6 Å². The van der Waals surface area contributed by atoms with Crippen molar-refractivity contribution in [2.24, 2.45) is 0 Å². The average molecular weight is 385 g/mol. The summed E-state index contributed by atoms with van der Waals surface area (Å²) in [6.45, 7) is 4.51. The van der Waals surface area contributed by atoms with Crippen LogP contribution in [-0.2, 0) is 6.54 Å². The molecule has 0 saturated carbocycles. The Kier molecular flexibility index (Phi) is 5.24. The number of amides is 1. The number of carbonyl (C=O) groups excluding carboxylic acids is 1. The predicted molar refractivity (Wildman–Crippen MR) is 108 cm³/mol. The van der Waals surface area contributed by atoms with Gasteiger partial charge in [-0.05, 0) is 30.5 Å².